The van der Waals surface area contributed by atoms with Crippen LogP contribution in [0, 0.1) is 11.6 Å². The van der Waals surface area contributed by atoms with Crippen molar-refractivity contribution in [1.29, 1.82) is 0 Å². The fraction of sp³-hybridized carbons (Fsp3) is 0.273. The van der Waals surface area contributed by atoms with E-state index < -0.39 is 59.5 Å². The summed E-state index contributed by atoms with van der Waals surface area (Å²) in [4.78, 5) is 49.7. The number of nitrogens with zero attached hydrogens (tertiary/aromatic N) is 1. The van der Waals surface area contributed by atoms with Crippen molar-refractivity contribution in [3.05, 3.63) is 58.7 Å². The molecular formula is C22H17F4N3O6. The van der Waals surface area contributed by atoms with E-state index >= 15 is 0 Å². The molecule has 35 heavy (non-hydrogen) atoms. The van der Waals surface area contributed by atoms with Gasteiger partial charge in [0.25, 0.3) is 5.91 Å². The molecule has 1 atom stereocenters. The van der Waals surface area contributed by atoms with Crippen LogP contribution in [0.4, 0.5) is 28.0 Å². The van der Waals surface area contributed by atoms with Crippen LogP contribution in [0.1, 0.15) is 34.3 Å². The first kappa shape index (κ1) is 24.0. The van der Waals surface area contributed by atoms with Crippen LogP contribution in [-0.2, 0) is 27.5 Å². The van der Waals surface area contributed by atoms with Gasteiger partial charge >= 0.3 is 12.7 Å². The highest BCUT2D eigenvalue weighted by Crippen LogP contribution is 2.29. The van der Waals surface area contributed by atoms with E-state index in [4.69, 9.17) is 4.74 Å². The Bertz CT molecular complexity index is 1200. The third-order valence-corrected chi connectivity index (χ3v) is 5.41. The maximum Gasteiger partial charge on any atom is 0.411 e. The lowest BCUT2D eigenvalue weighted by molar-refractivity contribution is -0.136. The Hall–Kier alpha value is -4.16. The maximum absolute atomic E-state index is 13.8. The van der Waals surface area contributed by atoms with Crippen molar-refractivity contribution in [2.24, 2.45) is 0 Å². The number of imide groups is 1. The van der Waals surface area contributed by atoms with Gasteiger partial charge in [-0.15, -0.1) is 0 Å². The summed E-state index contributed by atoms with van der Waals surface area (Å²) in [6.07, 6.45) is -0.749. The molecule has 2 aliphatic heterocycles. The Kier molecular flexibility index (Phi) is 6.58. The third-order valence-electron chi connectivity index (χ3n) is 5.41. The van der Waals surface area contributed by atoms with Crippen LogP contribution >= 0.6 is 0 Å². The highest BCUT2D eigenvalue weighted by molar-refractivity contribution is 6.05. The van der Waals surface area contributed by atoms with Crippen molar-refractivity contribution < 1.29 is 46.2 Å². The quantitative estimate of drug-likeness (QED) is 0.471. The molecule has 0 radical (unpaired) electrons. The van der Waals surface area contributed by atoms with E-state index in [1.807, 2.05) is 0 Å². The Balaban J connectivity index is 1.37. The highest BCUT2D eigenvalue weighted by atomic mass is 19.3. The minimum absolute atomic E-state index is 0.125. The van der Waals surface area contributed by atoms with E-state index in [-0.39, 0.29) is 26.0 Å². The van der Waals surface area contributed by atoms with Gasteiger partial charge in [-0.1, -0.05) is 12.1 Å². The first-order valence-corrected chi connectivity index (χ1v) is 10.3. The summed E-state index contributed by atoms with van der Waals surface area (Å²) in [5.41, 5.74) is 1.01. The van der Waals surface area contributed by atoms with E-state index in [1.54, 1.807) is 12.1 Å². The van der Waals surface area contributed by atoms with Crippen molar-refractivity contribution in [1.82, 2.24) is 10.2 Å². The van der Waals surface area contributed by atoms with Gasteiger partial charge in [-0.25, -0.2) is 13.6 Å². The van der Waals surface area contributed by atoms with Crippen LogP contribution in [0.3, 0.4) is 0 Å². The molecule has 2 heterocycles. The van der Waals surface area contributed by atoms with Gasteiger partial charge in [0.15, 0.2) is 17.4 Å². The molecule has 4 amide bonds. The Morgan fingerprint density at radius 1 is 1.14 bits per heavy atom. The van der Waals surface area contributed by atoms with Gasteiger partial charge in [0.05, 0.1) is 5.69 Å². The lowest BCUT2D eigenvalue weighted by Gasteiger charge is -2.29. The number of halogens is 4. The number of hydrogen-bond donors (Lipinski definition) is 2. The molecule has 1 fully saturated rings. The predicted octanol–water partition coefficient (Wildman–Crippen LogP) is 3.08. The van der Waals surface area contributed by atoms with Gasteiger partial charge in [-0.3, -0.25) is 25.0 Å². The van der Waals surface area contributed by atoms with E-state index in [1.165, 1.54) is 11.0 Å². The highest BCUT2D eigenvalue weighted by Gasteiger charge is 2.39. The van der Waals surface area contributed by atoms with Gasteiger partial charge in [-0.2, -0.15) is 8.78 Å². The fourth-order valence-electron chi connectivity index (χ4n) is 3.83. The molecule has 0 aliphatic carbocycles. The number of anilines is 1. The van der Waals surface area contributed by atoms with E-state index in [9.17, 15) is 36.7 Å². The van der Waals surface area contributed by atoms with Crippen LogP contribution in [0.25, 0.3) is 0 Å². The van der Waals surface area contributed by atoms with Gasteiger partial charge in [0.1, 0.15) is 12.6 Å². The number of benzene rings is 2. The molecule has 2 N–H and O–H groups in total. The van der Waals surface area contributed by atoms with E-state index in [2.05, 4.69) is 15.4 Å². The summed E-state index contributed by atoms with van der Waals surface area (Å²) in [5.74, 6) is -5.51. The van der Waals surface area contributed by atoms with Crippen LogP contribution < -0.4 is 15.4 Å². The average Bonchev–Trinajstić information content (AvgIpc) is 3.10. The molecule has 0 spiro atoms. The second-order valence-electron chi connectivity index (χ2n) is 7.74. The van der Waals surface area contributed by atoms with Gasteiger partial charge in [0, 0.05) is 30.7 Å². The molecule has 0 saturated carbocycles. The van der Waals surface area contributed by atoms with Crippen LogP contribution in [0.15, 0.2) is 30.3 Å². The number of carbonyl (C=O) groups excluding carboxylic acids is 4. The number of alkyl halides is 2. The number of hydrogen-bond acceptors (Lipinski definition) is 6. The molecular weight excluding hydrogens is 478 g/mol. The zero-order chi connectivity index (χ0) is 25.3. The summed E-state index contributed by atoms with van der Waals surface area (Å²) >= 11 is 0. The molecule has 2 aromatic carbocycles. The Morgan fingerprint density at radius 3 is 2.51 bits per heavy atom. The number of nitrogens with one attached hydrogen (secondary N) is 2. The second-order valence-corrected chi connectivity index (χ2v) is 7.74. The molecule has 1 unspecified atom stereocenters. The van der Waals surface area contributed by atoms with Gasteiger partial charge in [0.2, 0.25) is 11.8 Å². The minimum atomic E-state index is -3.43. The number of carbonyl (C=O) groups is 4. The van der Waals surface area contributed by atoms with Crippen molar-refractivity contribution in [3.63, 3.8) is 0 Å². The normalized spacial score (nSPS) is 17.3. The maximum atomic E-state index is 13.8. The summed E-state index contributed by atoms with van der Waals surface area (Å²) in [6.45, 7) is -3.55. The zero-order valence-corrected chi connectivity index (χ0v) is 17.8. The van der Waals surface area contributed by atoms with Crippen LogP contribution in [-0.4, -0.2) is 41.4 Å². The molecule has 184 valence electrons. The van der Waals surface area contributed by atoms with Crippen LogP contribution in [0.2, 0.25) is 0 Å². The Morgan fingerprint density at radius 2 is 1.86 bits per heavy atom. The second kappa shape index (κ2) is 9.60. The average molecular weight is 495 g/mol. The van der Waals surface area contributed by atoms with Crippen molar-refractivity contribution in [2.45, 2.75) is 38.6 Å². The summed E-state index contributed by atoms with van der Waals surface area (Å²) in [6, 6.07) is 5.13. The SMILES string of the molecule is O=C1CCC(N2Cc3ccc(COC(=O)Nc4cc(F)c(OC(F)F)c(F)c4)cc3C2=O)C(=O)N1. The molecule has 0 bridgehead atoms. The van der Waals surface area contributed by atoms with Crippen molar-refractivity contribution >= 4 is 29.5 Å². The van der Waals surface area contributed by atoms with Crippen LogP contribution in [0.5, 0.6) is 5.75 Å². The molecule has 2 aliphatic rings. The Labute approximate surface area is 195 Å². The first-order valence-electron chi connectivity index (χ1n) is 10.3. The number of ether oxygens (including phenoxy) is 2. The number of rotatable bonds is 6. The molecule has 2 aromatic rings. The number of amides is 4. The topological polar surface area (TPSA) is 114 Å². The largest absolute Gasteiger partial charge is 0.444 e. The molecule has 9 nitrogen and oxygen atoms in total. The van der Waals surface area contributed by atoms with Crippen molar-refractivity contribution in [3.8, 4) is 5.75 Å². The predicted molar refractivity (Wildman–Crippen MR) is 109 cm³/mol. The standard InChI is InChI=1S/C22H17F4N3O6/c23-14-6-12(7-15(24)18(14)35-21(25)26)27-22(33)34-9-10-1-2-11-8-29(20(32)13(11)5-10)16-3-4-17(30)28-19(16)31/h1-2,5-7,16,21H,3-4,8-9H2,(H,27,33)(H,28,30,31). The zero-order valence-electron chi connectivity index (χ0n) is 17.8. The third kappa shape index (κ3) is 5.18. The van der Waals surface area contributed by atoms with E-state index in [0.717, 1.165) is 0 Å². The minimum Gasteiger partial charge on any atom is -0.444 e. The molecule has 4 rings (SSSR count). The smallest absolute Gasteiger partial charge is 0.411 e. The number of fused-ring (bicyclic) bond motifs is 1. The summed E-state index contributed by atoms with van der Waals surface area (Å²) in [7, 11) is 0. The summed E-state index contributed by atoms with van der Waals surface area (Å²) < 4.78 is 60.7. The van der Waals surface area contributed by atoms with Gasteiger partial charge in [-0.05, 0) is 23.6 Å². The fourth-order valence-corrected chi connectivity index (χ4v) is 3.83. The van der Waals surface area contributed by atoms with Crippen molar-refractivity contribution in [2.75, 3.05) is 5.32 Å². The lowest BCUT2D eigenvalue weighted by atomic mass is 10.0. The molecule has 13 heteroatoms. The number of piperidine rings is 1. The monoisotopic (exact) mass is 495 g/mol. The molecule has 1 saturated heterocycles. The van der Waals surface area contributed by atoms with E-state index in [0.29, 0.717) is 28.8 Å². The lowest BCUT2D eigenvalue weighted by Crippen LogP contribution is -2.52. The molecule has 0 aromatic heterocycles. The summed E-state index contributed by atoms with van der Waals surface area (Å²) in [5, 5.41) is 4.28. The van der Waals surface area contributed by atoms with Gasteiger partial charge < -0.3 is 14.4 Å². The first-order chi connectivity index (χ1) is 16.6.